The van der Waals surface area contributed by atoms with Gasteiger partial charge in [0.1, 0.15) is 17.2 Å². The molecule has 1 atom stereocenters. The number of anilines is 2. The van der Waals surface area contributed by atoms with Crippen LogP contribution in [0.1, 0.15) is 29.3 Å². The third-order valence-electron chi connectivity index (χ3n) is 6.39. The molecule has 0 aromatic heterocycles. The van der Waals surface area contributed by atoms with Crippen molar-refractivity contribution in [1.29, 1.82) is 0 Å². The van der Waals surface area contributed by atoms with E-state index in [0.29, 0.717) is 34.9 Å². The predicted molar refractivity (Wildman–Crippen MR) is 179 cm³/mol. The lowest BCUT2D eigenvalue weighted by atomic mass is 10.1. The fraction of sp³-hybridized carbons (Fsp3) is 0.147. The van der Waals surface area contributed by atoms with Crippen LogP contribution in [-0.2, 0) is 9.59 Å². The molecule has 0 aliphatic heterocycles. The molecule has 4 aromatic carbocycles. The van der Waals surface area contributed by atoms with Crippen molar-refractivity contribution in [3.8, 4) is 11.5 Å². The molecule has 0 aliphatic rings. The second kappa shape index (κ2) is 15.8. The van der Waals surface area contributed by atoms with E-state index in [2.05, 4.69) is 31.9 Å². The third kappa shape index (κ3) is 8.98. The molecule has 44 heavy (non-hydrogen) atoms. The van der Waals surface area contributed by atoms with Crippen LogP contribution >= 0.6 is 27.7 Å². The van der Waals surface area contributed by atoms with Crippen LogP contribution in [0.3, 0.4) is 0 Å². The van der Waals surface area contributed by atoms with E-state index in [-0.39, 0.29) is 11.6 Å². The van der Waals surface area contributed by atoms with Gasteiger partial charge in [0, 0.05) is 26.7 Å². The van der Waals surface area contributed by atoms with Gasteiger partial charge in [0.2, 0.25) is 5.91 Å². The Bertz CT molecular complexity index is 1660. The number of nitrogens with one attached hydrogen (secondary N) is 3. The molecule has 1 unspecified atom stereocenters. The number of hydrogen-bond donors (Lipinski definition) is 3. The number of hydrogen-bond acceptors (Lipinski definition) is 6. The molecule has 0 saturated heterocycles. The molecule has 4 aromatic rings. The molecule has 0 aliphatic carbocycles. The summed E-state index contributed by atoms with van der Waals surface area (Å²) in [6.45, 7) is 1.93. The van der Waals surface area contributed by atoms with Gasteiger partial charge in [-0.2, -0.15) is 0 Å². The largest absolute Gasteiger partial charge is 0.497 e. The molecule has 0 bridgehead atoms. The molecule has 4 rings (SSSR count). The summed E-state index contributed by atoms with van der Waals surface area (Å²) < 4.78 is 11.5. The summed E-state index contributed by atoms with van der Waals surface area (Å²) in [7, 11) is 3.09. The van der Waals surface area contributed by atoms with Crippen molar-refractivity contribution in [3.05, 3.63) is 118 Å². The van der Waals surface area contributed by atoms with E-state index < -0.39 is 17.1 Å². The van der Waals surface area contributed by atoms with Gasteiger partial charge in [0.15, 0.2) is 0 Å². The summed E-state index contributed by atoms with van der Waals surface area (Å²) in [6, 6.07) is 28.5. The van der Waals surface area contributed by atoms with E-state index >= 15 is 0 Å². The minimum absolute atomic E-state index is 0.0769. The van der Waals surface area contributed by atoms with Gasteiger partial charge >= 0.3 is 0 Å². The second-order valence-electron chi connectivity index (χ2n) is 9.49. The highest BCUT2D eigenvalue weighted by Gasteiger charge is 2.21. The first kappa shape index (κ1) is 32.4. The van der Waals surface area contributed by atoms with Crippen LogP contribution < -0.4 is 25.4 Å². The molecular weight excluding hydrogens is 642 g/mol. The number of halogens is 1. The summed E-state index contributed by atoms with van der Waals surface area (Å²) in [5.74, 6) is 0.0248. The van der Waals surface area contributed by atoms with Gasteiger partial charge in [0.25, 0.3) is 11.8 Å². The van der Waals surface area contributed by atoms with E-state index in [1.807, 2.05) is 43.3 Å². The maximum Gasteiger partial charge on any atom is 0.272 e. The number of carbonyl (C=O) groups excluding carboxylic acids is 3. The molecule has 0 saturated carbocycles. The number of thioether (sulfide) groups is 1. The zero-order chi connectivity index (χ0) is 31.5. The van der Waals surface area contributed by atoms with Crippen molar-refractivity contribution >= 4 is 62.9 Å². The molecule has 0 radical (unpaired) electrons. The monoisotopic (exact) mass is 673 g/mol. The summed E-state index contributed by atoms with van der Waals surface area (Å²) >= 11 is 4.82. The second-order valence-corrected chi connectivity index (χ2v) is 11.7. The molecule has 0 heterocycles. The summed E-state index contributed by atoms with van der Waals surface area (Å²) in [5, 5.41) is 8.15. The lowest BCUT2D eigenvalue weighted by Crippen LogP contribution is -2.30. The van der Waals surface area contributed by atoms with Crippen LogP contribution in [0.5, 0.6) is 11.5 Å². The van der Waals surface area contributed by atoms with E-state index in [4.69, 9.17) is 9.47 Å². The number of carbonyl (C=O) groups is 3. The number of methoxy groups -OCH3 is 2. The SMILES string of the molecule is CCC(Sc1cccc(NC(=O)/C(=C\c2cccc(Br)c2)NC(=O)c2ccccc2)c1)C(=O)Nc1cc(OC)ccc1OC. The zero-order valence-electron chi connectivity index (χ0n) is 24.4. The van der Waals surface area contributed by atoms with E-state index in [1.165, 1.54) is 18.9 Å². The molecule has 3 amide bonds. The first-order valence-corrected chi connectivity index (χ1v) is 15.4. The van der Waals surface area contributed by atoms with Gasteiger partial charge < -0.3 is 25.4 Å². The third-order valence-corrected chi connectivity index (χ3v) is 8.24. The molecule has 0 fully saturated rings. The normalized spacial score (nSPS) is 11.7. The average Bonchev–Trinajstić information content (AvgIpc) is 3.03. The number of amides is 3. The molecule has 3 N–H and O–H groups in total. The lowest BCUT2D eigenvalue weighted by Gasteiger charge is -2.17. The Morgan fingerprint density at radius 1 is 0.864 bits per heavy atom. The predicted octanol–water partition coefficient (Wildman–Crippen LogP) is 7.39. The topological polar surface area (TPSA) is 106 Å². The fourth-order valence-electron chi connectivity index (χ4n) is 4.16. The molecule has 226 valence electrons. The first-order chi connectivity index (χ1) is 21.3. The lowest BCUT2D eigenvalue weighted by molar-refractivity contribution is -0.116. The summed E-state index contributed by atoms with van der Waals surface area (Å²) in [6.07, 6.45) is 2.17. The summed E-state index contributed by atoms with van der Waals surface area (Å²) in [4.78, 5) is 40.5. The Morgan fingerprint density at radius 3 is 2.34 bits per heavy atom. The van der Waals surface area contributed by atoms with Crippen molar-refractivity contribution in [3.63, 3.8) is 0 Å². The van der Waals surface area contributed by atoms with Crippen molar-refractivity contribution in [1.82, 2.24) is 5.32 Å². The van der Waals surface area contributed by atoms with Crippen LogP contribution in [0.25, 0.3) is 6.08 Å². The van der Waals surface area contributed by atoms with Gasteiger partial charge in [-0.1, -0.05) is 59.3 Å². The van der Waals surface area contributed by atoms with Gasteiger partial charge in [-0.25, -0.2) is 0 Å². The molecular formula is C34H32BrN3O5S. The quantitative estimate of drug-likeness (QED) is 0.107. The Labute approximate surface area is 269 Å². The standard InChI is InChI=1S/C34H32BrN3O5S/c1-4-31(34(41)37-28-21-26(42-2)16-17-30(28)43-3)44-27-15-9-14-25(20-27)36-33(40)29(19-22-10-8-13-24(35)18-22)38-32(39)23-11-6-5-7-12-23/h5-21,31H,4H2,1-3H3,(H,36,40)(H,37,41)(H,38,39)/b29-19+. The average molecular weight is 675 g/mol. The number of benzene rings is 4. The summed E-state index contributed by atoms with van der Waals surface area (Å²) in [5.41, 5.74) is 2.26. The molecule has 10 heteroatoms. The number of rotatable bonds is 12. The van der Waals surface area contributed by atoms with Crippen LogP contribution in [0, 0.1) is 0 Å². The molecule has 0 spiro atoms. The number of ether oxygens (including phenoxy) is 2. The smallest absolute Gasteiger partial charge is 0.272 e. The van der Waals surface area contributed by atoms with Crippen LogP contribution in [-0.4, -0.2) is 37.2 Å². The minimum atomic E-state index is -0.494. The Morgan fingerprint density at radius 2 is 1.64 bits per heavy atom. The van der Waals surface area contributed by atoms with Crippen molar-refractivity contribution in [2.45, 2.75) is 23.5 Å². The van der Waals surface area contributed by atoms with Crippen LogP contribution in [0.4, 0.5) is 11.4 Å². The van der Waals surface area contributed by atoms with E-state index in [1.54, 1.807) is 73.8 Å². The van der Waals surface area contributed by atoms with E-state index in [0.717, 1.165) is 14.9 Å². The minimum Gasteiger partial charge on any atom is -0.497 e. The van der Waals surface area contributed by atoms with Crippen LogP contribution in [0.15, 0.2) is 112 Å². The van der Waals surface area contributed by atoms with Gasteiger partial charge in [-0.15, -0.1) is 11.8 Å². The van der Waals surface area contributed by atoms with Crippen molar-refractivity contribution in [2.24, 2.45) is 0 Å². The fourth-order valence-corrected chi connectivity index (χ4v) is 5.59. The van der Waals surface area contributed by atoms with Gasteiger partial charge in [-0.3, -0.25) is 14.4 Å². The molecule has 8 nitrogen and oxygen atoms in total. The van der Waals surface area contributed by atoms with Gasteiger partial charge in [-0.05, 0) is 72.7 Å². The van der Waals surface area contributed by atoms with E-state index in [9.17, 15) is 14.4 Å². The first-order valence-electron chi connectivity index (χ1n) is 13.7. The Hall–Kier alpha value is -4.54. The zero-order valence-corrected chi connectivity index (χ0v) is 26.8. The maximum atomic E-state index is 13.5. The highest BCUT2D eigenvalue weighted by atomic mass is 79.9. The highest BCUT2D eigenvalue weighted by Crippen LogP contribution is 2.32. The van der Waals surface area contributed by atoms with Crippen molar-refractivity contribution < 1.29 is 23.9 Å². The maximum absolute atomic E-state index is 13.5. The highest BCUT2D eigenvalue weighted by molar-refractivity contribution is 9.10. The van der Waals surface area contributed by atoms with Crippen LogP contribution in [0.2, 0.25) is 0 Å². The van der Waals surface area contributed by atoms with Gasteiger partial charge in [0.05, 0.1) is 25.2 Å². The Kier molecular flexibility index (Phi) is 11.6. The van der Waals surface area contributed by atoms with Crippen molar-refractivity contribution in [2.75, 3.05) is 24.9 Å². The Balaban J connectivity index is 1.51.